The van der Waals surface area contributed by atoms with Crippen LogP contribution < -0.4 is 0 Å². The van der Waals surface area contributed by atoms with E-state index in [1.165, 1.54) is 16.7 Å². The molecule has 26 heavy (non-hydrogen) atoms. The van der Waals surface area contributed by atoms with Crippen molar-refractivity contribution in [1.29, 1.82) is 0 Å². The molecule has 136 valence electrons. The number of rotatable bonds is 4. The van der Waals surface area contributed by atoms with E-state index in [-0.39, 0.29) is 29.3 Å². The summed E-state index contributed by atoms with van der Waals surface area (Å²) >= 11 is 6.44. The van der Waals surface area contributed by atoms with Crippen LogP contribution in [-0.4, -0.2) is 25.5 Å². The van der Waals surface area contributed by atoms with Gasteiger partial charge in [-0.2, -0.15) is 0 Å². The Morgan fingerprint density at radius 3 is 1.69 bits per heavy atom. The summed E-state index contributed by atoms with van der Waals surface area (Å²) in [6, 6.07) is 9.12. The maximum Gasteiger partial charge on any atom is 0.167 e. The van der Waals surface area contributed by atoms with Crippen molar-refractivity contribution in [3.05, 3.63) is 57.0 Å². The Morgan fingerprint density at radius 1 is 0.923 bits per heavy atom. The monoisotopic (exact) mass is 485 g/mol. The van der Waals surface area contributed by atoms with Crippen LogP contribution in [-0.2, 0) is 6.54 Å². The highest BCUT2D eigenvalue weighted by Gasteiger charge is 2.24. The average Bonchev–Trinajstić information content (AvgIpc) is 2.89. The van der Waals surface area contributed by atoms with E-state index in [1.807, 2.05) is 0 Å². The molecule has 0 spiro atoms. The third-order valence-corrected chi connectivity index (χ3v) is 4.63. The third kappa shape index (κ3) is 4.02. The summed E-state index contributed by atoms with van der Waals surface area (Å²) in [6.45, 7) is 3.28. The Hall–Kier alpha value is -1.64. The van der Waals surface area contributed by atoms with Gasteiger partial charge in [0.05, 0.1) is 23.3 Å². The molecule has 0 radical (unpaired) electrons. The minimum absolute atomic E-state index is 0.0652. The molecule has 1 N–H and O–H groups in total. The Morgan fingerprint density at radius 2 is 1.35 bits per heavy atom. The molecular formula is C18H15Br2F2N3O. The van der Waals surface area contributed by atoms with Crippen LogP contribution in [0.3, 0.4) is 0 Å². The molecule has 1 heterocycles. The maximum absolute atomic E-state index is 14.4. The lowest BCUT2D eigenvalue weighted by Crippen LogP contribution is -2.27. The van der Waals surface area contributed by atoms with Crippen molar-refractivity contribution in [1.82, 2.24) is 14.8 Å². The molecule has 0 saturated carbocycles. The fourth-order valence-electron chi connectivity index (χ4n) is 2.58. The Balaban J connectivity index is 2.22. The zero-order valence-electron chi connectivity index (χ0n) is 14.0. The van der Waals surface area contributed by atoms with E-state index in [9.17, 15) is 13.9 Å². The molecule has 0 bridgehead atoms. The van der Waals surface area contributed by atoms with Crippen LogP contribution in [0.1, 0.15) is 13.8 Å². The van der Waals surface area contributed by atoms with Crippen molar-refractivity contribution in [3.63, 3.8) is 0 Å². The molecule has 0 aliphatic rings. The van der Waals surface area contributed by atoms with Crippen LogP contribution in [0.2, 0.25) is 0 Å². The second-order valence-electron chi connectivity index (χ2n) is 6.49. The molecule has 0 amide bonds. The zero-order valence-corrected chi connectivity index (χ0v) is 17.1. The molecule has 8 heteroatoms. The minimum atomic E-state index is -1.14. The highest BCUT2D eigenvalue weighted by atomic mass is 79.9. The van der Waals surface area contributed by atoms with Gasteiger partial charge in [-0.15, -0.1) is 10.2 Å². The molecule has 0 fully saturated rings. The van der Waals surface area contributed by atoms with Crippen LogP contribution >= 0.6 is 31.9 Å². The Kier molecular flexibility index (Phi) is 5.28. The van der Waals surface area contributed by atoms with Crippen LogP contribution in [0.25, 0.3) is 22.8 Å². The van der Waals surface area contributed by atoms with Gasteiger partial charge in [0, 0.05) is 8.95 Å². The van der Waals surface area contributed by atoms with Gasteiger partial charge in [0.2, 0.25) is 0 Å². The van der Waals surface area contributed by atoms with Crippen LogP contribution in [0.5, 0.6) is 0 Å². The predicted molar refractivity (Wildman–Crippen MR) is 103 cm³/mol. The summed E-state index contributed by atoms with van der Waals surface area (Å²) in [4.78, 5) is 0. The molecular weight excluding hydrogens is 472 g/mol. The highest BCUT2D eigenvalue weighted by Crippen LogP contribution is 2.31. The van der Waals surface area contributed by atoms with Gasteiger partial charge in [0.1, 0.15) is 11.6 Å². The van der Waals surface area contributed by atoms with E-state index < -0.39 is 17.2 Å². The first kappa shape index (κ1) is 19.1. The van der Waals surface area contributed by atoms with Crippen molar-refractivity contribution in [2.45, 2.75) is 26.0 Å². The molecule has 1 aromatic heterocycles. The van der Waals surface area contributed by atoms with Gasteiger partial charge in [0.15, 0.2) is 11.6 Å². The summed E-state index contributed by atoms with van der Waals surface area (Å²) in [5.41, 5.74) is -0.703. The first-order valence-electron chi connectivity index (χ1n) is 7.72. The largest absolute Gasteiger partial charge is 0.389 e. The van der Waals surface area contributed by atoms with Crippen molar-refractivity contribution in [2.24, 2.45) is 0 Å². The lowest BCUT2D eigenvalue weighted by molar-refractivity contribution is 0.0623. The molecule has 0 atom stereocenters. The lowest BCUT2D eigenvalue weighted by Gasteiger charge is -2.21. The van der Waals surface area contributed by atoms with E-state index in [2.05, 4.69) is 42.1 Å². The summed E-state index contributed by atoms with van der Waals surface area (Å²) in [7, 11) is 0. The number of aromatic nitrogens is 3. The number of aliphatic hydroxyl groups is 1. The Bertz CT molecular complexity index is 899. The molecule has 0 unspecified atom stereocenters. The topological polar surface area (TPSA) is 50.9 Å². The van der Waals surface area contributed by atoms with Crippen LogP contribution in [0, 0.1) is 11.6 Å². The first-order valence-corrected chi connectivity index (χ1v) is 9.31. The van der Waals surface area contributed by atoms with Gasteiger partial charge < -0.3 is 9.67 Å². The molecule has 0 aliphatic carbocycles. The summed E-state index contributed by atoms with van der Waals surface area (Å²) < 4.78 is 31.6. The van der Waals surface area contributed by atoms with E-state index in [1.54, 1.807) is 38.1 Å². The van der Waals surface area contributed by atoms with Gasteiger partial charge >= 0.3 is 0 Å². The van der Waals surface area contributed by atoms with Crippen LogP contribution in [0.15, 0.2) is 45.3 Å². The smallest absolute Gasteiger partial charge is 0.167 e. The highest BCUT2D eigenvalue weighted by molar-refractivity contribution is 9.10. The number of nitrogens with zero attached hydrogens (tertiary/aromatic N) is 3. The fraction of sp³-hybridized carbons (Fsp3) is 0.222. The van der Waals surface area contributed by atoms with Gasteiger partial charge in [-0.3, -0.25) is 0 Å². The number of hydrogen-bond acceptors (Lipinski definition) is 3. The summed E-state index contributed by atoms with van der Waals surface area (Å²) in [6.07, 6.45) is 0. The van der Waals surface area contributed by atoms with Crippen molar-refractivity contribution < 1.29 is 13.9 Å². The first-order chi connectivity index (χ1) is 12.2. The standard InChI is InChI=1S/C18H15Br2F2N3O/c1-18(2,26)9-25-16(12-5-3-10(19)7-14(12)21)23-24-17(25)13-6-4-11(20)8-15(13)22/h3-8,26H,9H2,1-2H3. The van der Waals surface area contributed by atoms with E-state index in [0.29, 0.717) is 8.95 Å². The third-order valence-electron chi connectivity index (χ3n) is 3.64. The van der Waals surface area contributed by atoms with Crippen molar-refractivity contribution in [3.8, 4) is 22.8 Å². The molecule has 0 aliphatic heterocycles. The summed E-state index contributed by atoms with van der Waals surface area (Å²) in [5, 5.41) is 18.4. The zero-order chi connectivity index (χ0) is 19.1. The predicted octanol–water partition coefficient (Wildman–Crippen LogP) is 5.19. The van der Waals surface area contributed by atoms with Crippen molar-refractivity contribution in [2.75, 3.05) is 0 Å². The SMILES string of the molecule is CC(C)(O)Cn1c(-c2ccc(Br)cc2F)nnc1-c1ccc(Br)cc1F. The lowest BCUT2D eigenvalue weighted by atomic mass is 10.1. The van der Waals surface area contributed by atoms with Crippen LogP contribution in [0.4, 0.5) is 8.78 Å². The molecule has 3 aromatic rings. The van der Waals surface area contributed by atoms with Crippen molar-refractivity contribution >= 4 is 31.9 Å². The minimum Gasteiger partial charge on any atom is -0.389 e. The van der Waals surface area contributed by atoms with Gasteiger partial charge in [-0.05, 0) is 50.2 Å². The normalized spacial score (nSPS) is 11.8. The molecule has 3 rings (SSSR count). The second kappa shape index (κ2) is 7.17. The average molecular weight is 487 g/mol. The van der Waals surface area contributed by atoms with Gasteiger partial charge in [-0.1, -0.05) is 31.9 Å². The summed E-state index contributed by atoms with van der Waals surface area (Å²) in [5.74, 6) is -0.554. The van der Waals surface area contributed by atoms with E-state index in [4.69, 9.17) is 0 Å². The number of hydrogen-bond donors (Lipinski definition) is 1. The Labute approximate surface area is 166 Å². The quantitative estimate of drug-likeness (QED) is 0.552. The second-order valence-corrected chi connectivity index (χ2v) is 8.33. The molecule has 0 saturated heterocycles. The van der Waals surface area contributed by atoms with Gasteiger partial charge in [0.25, 0.3) is 0 Å². The number of halogens is 4. The van der Waals surface area contributed by atoms with Gasteiger partial charge in [-0.25, -0.2) is 8.78 Å². The molecule has 2 aromatic carbocycles. The molecule has 4 nitrogen and oxygen atoms in total. The number of benzene rings is 2. The maximum atomic E-state index is 14.4. The fourth-order valence-corrected chi connectivity index (χ4v) is 3.25. The van der Waals surface area contributed by atoms with E-state index >= 15 is 0 Å². The van der Waals surface area contributed by atoms with E-state index in [0.717, 1.165) is 0 Å².